The molecule has 3 heterocycles. The molecule has 2 aromatic heterocycles. The van der Waals surface area contributed by atoms with Crippen LogP contribution >= 0.6 is 0 Å². The van der Waals surface area contributed by atoms with Crippen molar-refractivity contribution in [3.05, 3.63) is 105 Å². The van der Waals surface area contributed by atoms with Gasteiger partial charge >= 0.3 is 0 Å². The zero-order valence-electron chi connectivity index (χ0n) is 36.9. The molecule has 0 amide bonds. The van der Waals surface area contributed by atoms with Crippen LogP contribution in [-0.4, -0.2) is 42.1 Å². The number of fused-ring (bicyclic) bond motifs is 11. The quantitative estimate of drug-likeness (QED) is 0.151. The number of hydrogen-bond donors (Lipinski definition) is 4. The number of nitrogens with zero attached hydrogens (tertiary/aromatic N) is 1. The van der Waals surface area contributed by atoms with E-state index in [0.717, 1.165) is 86.8 Å². The second-order valence-electron chi connectivity index (χ2n) is 21.1. The largest absolute Gasteiger partial charge is 0.505 e. The van der Waals surface area contributed by atoms with E-state index in [1.165, 1.54) is 22.2 Å². The van der Waals surface area contributed by atoms with Crippen LogP contribution in [0.5, 0.6) is 5.75 Å². The van der Waals surface area contributed by atoms with E-state index in [4.69, 9.17) is 4.74 Å². The summed E-state index contributed by atoms with van der Waals surface area (Å²) >= 11 is 0. The molecule has 5 aliphatic rings. The molecule has 2 fully saturated rings. The summed E-state index contributed by atoms with van der Waals surface area (Å²) in [6, 6.07) is 6.61. The SMILES string of the molecule is C=C(C)c1c(O)c2c3c(cc4c5c(n1c42)[C@@]1(C)C(CC[C@H]2[C@](C)(C=CC=C(C)C(O)c4c(C)cc(C)cc4C)[C@@H](O)CC[C@@]21C)C5)C1=CC(C)(C)OC(C)(C)C1[C@@H]3O. The number of hydrogen-bond acceptors (Lipinski definition) is 5. The van der Waals surface area contributed by atoms with Crippen LogP contribution in [0.2, 0.25) is 0 Å². The molecule has 9 atom stereocenters. The topological polar surface area (TPSA) is 94.6 Å². The summed E-state index contributed by atoms with van der Waals surface area (Å²) in [5.41, 5.74) is 11.3. The van der Waals surface area contributed by atoms with Crippen LogP contribution in [0.25, 0.3) is 27.4 Å². The first-order chi connectivity index (χ1) is 27.0. The fourth-order valence-electron chi connectivity index (χ4n) is 14.3. The van der Waals surface area contributed by atoms with Gasteiger partial charge in [-0.05, 0) is 168 Å². The minimum atomic E-state index is -0.826. The lowest BCUT2D eigenvalue weighted by Gasteiger charge is -2.64. The Kier molecular flexibility index (Phi) is 8.53. The molecule has 6 nitrogen and oxygen atoms in total. The van der Waals surface area contributed by atoms with Gasteiger partial charge in [0.05, 0.1) is 34.6 Å². The maximum Gasteiger partial charge on any atom is 0.149 e. The third-order valence-corrected chi connectivity index (χ3v) is 16.7. The van der Waals surface area contributed by atoms with Crippen molar-refractivity contribution < 1.29 is 25.2 Å². The number of aliphatic hydroxyl groups excluding tert-OH is 3. The Balaban J connectivity index is 1.18. The summed E-state index contributed by atoms with van der Waals surface area (Å²) < 4.78 is 8.94. The molecule has 3 unspecified atom stereocenters. The predicted octanol–water partition coefficient (Wildman–Crippen LogP) is 11.1. The second kappa shape index (κ2) is 12.4. The normalized spacial score (nSPS) is 34.2. The first kappa shape index (κ1) is 39.8. The zero-order chi connectivity index (χ0) is 42.0. The van der Waals surface area contributed by atoms with E-state index in [-0.39, 0.29) is 28.4 Å². The Morgan fingerprint density at radius 2 is 1.64 bits per heavy atom. The molecular formula is C52H65NO5. The maximum atomic E-state index is 12.4. The highest BCUT2D eigenvalue weighted by molar-refractivity contribution is 6.11. The summed E-state index contributed by atoms with van der Waals surface area (Å²) in [7, 11) is 0. The number of ether oxygens (including phenoxy) is 1. The molecule has 308 valence electrons. The van der Waals surface area contributed by atoms with Crippen molar-refractivity contribution in [3.8, 4) is 5.75 Å². The van der Waals surface area contributed by atoms with Gasteiger partial charge < -0.3 is 29.6 Å². The van der Waals surface area contributed by atoms with Gasteiger partial charge in [-0.25, -0.2) is 0 Å². The Hall–Kier alpha value is -3.68. The molecule has 9 rings (SSSR count). The molecule has 1 aliphatic heterocycles. The van der Waals surface area contributed by atoms with Gasteiger partial charge in [-0.15, -0.1) is 0 Å². The highest BCUT2D eigenvalue weighted by atomic mass is 16.5. The van der Waals surface area contributed by atoms with Gasteiger partial charge in [0.1, 0.15) is 11.9 Å². The van der Waals surface area contributed by atoms with Crippen molar-refractivity contribution in [2.75, 3.05) is 0 Å². The minimum absolute atomic E-state index is 0.176. The minimum Gasteiger partial charge on any atom is -0.505 e. The Morgan fingerprint density at radius 1 is 0.966 bits per heavy atom. The van der Waals surface area contributed by atoms with Crippen LogP contribution in [-0.2, 0) is 16.6 Å². The molecule has 4 N–H and O–H groups in total. The van der Waals surface area contributed by atoms with Gasteiger partial charge in [0.25, 0.3) is 0 Å². The van der Waals surface area contributed by atoms with Crippen LogP contribution < -0.4 is 0 Å². The van der Waals surface area contributed by atoms with E-state index in [2.05, 4.69) is 117 Å². The Morgan fingerprint density at radius 3 is 2.29 bits per heavy atom. The first-order valence-corrected chi connectivity index (χ1v) is 21.8. The van der Waals surface area contributed by atoms with Crippen LogP contribution in [0.15, 0.2) is 54.7 Å². The zero-order valence-corrected chi connectivity index (χ0v) is 36.9. The average Bonchev–Trinajstić information content (AvgIpc) is 3.78. The fraction of sp³-hybridized carbons (Fsp3) is 0.538. The van der Waals surface area contributed by atoms with E-state index in [9.17, 15) is 20.4 Å². The predicted molar refractivity (Wildman–Crippen MR) is 235 cm³/mol. The summed E-state index contributed by atoms with van der Waals surface area (Å²) in [5, 5.41) is 50.1. The number of allylic oxidation sites excluding steroid dienone is 3. The molecule has 4 aliphatic carbocycles. The van der Waals surface area contributed by atoms with E-state index >= 15 is 0 Å². The van der Waals surface area contributed by atoms with Crippen LogP contribution in [0.1, 0.15) is 151 Å². The van der Waals surface area contributed by atoms with Gasteiger partial charge in [0, 0.05) is 38.8 Å². The summed E-state index contributed by atoms with van der Waals surface area (Å²) in [6.07, 6.45) is 11.2. The van der Waals surface area contributed by atoms with Gasteiger partial charge in [-0.1, -0.05) is 63.3 Å². The van der Waals surface area contributed by atoms with Gasteiger partial charge in [0.2, 0.25) is 0 Å². The molecule has 2 aromatic carbocycles. The third-order valence-electron chi connectivity index (χ3n) is 16.7. The molecule has 58 heavy (non-hydrogen) atoms. The average molecular weight is 784 g/mol. The number of aromatic hydroxyl groups is 1. The second-order valence-corrected chi connectivity index (χ2v) is 21.1. The molecule has 2 saturated carbocycles. The van der Waals surface area contributed by atoms with E-state index in [0.29, 0.717) is 12.3 Å². The molecule has 0 spiro atoms. The number of benzene rings is 2. The Bertz CT molecular complexity index is 2500. The summed E-state index contributed by atoms with van der Waals surface area (Å²) in [6.45, 7) is 30.2. The van der Waals surface area contributed by atoms with Crippen molar-refractivity contribution in [1.29, 1.82) is 0 Å². The molecule has 4 aromatic rings. The van der Waals surface area contributed by atoms with Crippen molar-refractivity contribution >= 4 is 27.4 Å². The molecule has 6 heteroatoms. The highest BCUT2D eigenvalue weighted by Crippen LogP contribution is 2.71. The number of aryl methyl sites for hydroxylation is 3. The summed E-state index contributed by atoms with van der Waals surface area (Å²) in [5.74, 6) is 0.547. The van der Waals surface area contributed by atoms with Gasteiger partial charge in [-0.3, -0.25) is 0 Å². The maximum absolute atomic E-state index is 12.4. The molecule has 0 saturated heterocycles. The lowest BCUT2D eigenvalue weighted by Crippen LogP contribution is -2.62. The Labute approximate surface area is 345 Å². The van der Waals surface area contributed by atoms with E-state index in [1.807, 2.05) is 19.9 Å². The smallest absolute Gasteiger partial charge is 0.149 e. The molecule has 0 radical (unpaired) electrons. The lowest BCUT2D eigenvalue weighted by atomic mass is 9.40. The first-order valence-electron chi connectivity index (χ1n) is 21.8. The number of aromatic nitrogens is 1. The van der Waals surface area contributed by atoms with E-state index < -0.39 is 34.9 Å². The fourth-order valence-corrected chi connectivity index (χ4v) is 14.3. The molecular weight excluding hydrogens is 719 g/mol. The van der Waals surface area contributed by atoms with Crippen LogP contribution in [0, 0.1) is 49.4 Å². The van der Waals surface area contributed by atoms with Crippen molar-refractivity contribution in [3.63, 3.8) is 0 Å². The van der Waals surface area contributed by atoms with Gasteiger partial charge in [-0.2, -0.15) is 0 Å². The number of rotatable bonds is 5. The van der Waals surface area contributed by atoms with E-state index in [1.54, 1.807) is 0 Å². The molecule has 0 bridgehead atoms. The van der Waals surface area contributed by atoms with Gasteiger partial charge in [0.15, 0.2) is 0 Å². The van der Waals surface area contributed by atoms with Crippen molar-refractivity contribution in [2.24, 2.45) is 28.6 Å². The highest BCUT2D eigenvalue weighted by Gasteiger charge is 2.67. The number of aliphatic hydroxyl groups is 3. The lowest BCUT2D eigenvalue weighted by molar-refractivity contribution is -0.144. The summed E-state index contributed by atoms with van der Waals surface area (Å²) in [4.78, 5) is 0. The monoisotopic (exact) mass is 783 g/mol. The van der Waals surface area contributed by atoms with Crippen molar-refractivity contribution in [1.82, 2.24) is 4.40 Å². The van der Waals surface area contributed by atoms with Crippen LogP contribution in [0.3, 0.4) is 0 Å². The standard InChI is InChI=1S/C52H65NO5/c1-26(2)42-46(57)40-39-32(35-25-48(7,8)58-49(9,10)41(35)45(39)56)24-33-34-23-31-16-17-36-50(11,19-14-15-28(4)44(55)38-29(5)21-27(3)22-30(38)6)37(54)18-20-51(36,12)52(31,13)47(34)53(42)43(33)40/h14-15,19,21-22,24-25,31,36-37,41,44-45,54-57H,1,16-18,20,23H2,2-13H3/t31?,36-,37-,41?,44?,45+,50-,51-,52+/m0/s1. The van der Waals surface area contributed by atoms with Crippen molar-refractivity contribution in [2.45, 2.75) is 150 Å². The third kappa shape index (κ3) is 4.98. The van der Waals surface area contributed by atoms with Crippen LogP contribution in [0.4, 0.5) is 0 Å².